The van der Waals surface area contributed by atoms with Gasteiger partial charge in [0.15, 0.2) is 0 Å². The predicted octanol–water partition coefficient (Wildman–Crippen LogP) is 4.97. The van der Waals surface area contributed by atoms with E-state index in [2.05, 4.69) is 0 Å². The second kappa shape index (κ2) is 10.1. The van der Waals surface area contributed by atoms with Gasteiger partial charge in [0.25, 0.3) is 0 Å². The molecule has 0 spiro atoms. The maximum Gasteiger partial charge on any atom is 0.342 e. The molecule has 3 aromatic rings. The zero-order valence-corrected chi connectivity index (χ0v) is 15.5. The van der Waals surface area contributed by atoms with E-state index in [1.807, 2.05) is 60.7 Å². The van der Waals surface area contributed by atoms with E-state index in [1.165, 1.54) is 5.56 Å². The van der Waals surface area contributed by atoms with Gasteiger partial charge in [0.1, 0.15) is 17.9 Å². The Morgan fingerprint density at radius 1 is 0.714 bits per heavy atom. The molecule has 142 valence electrons. The van der Waals surface area contributed by atoms with Crippen molar-refractivity contribution < 1.29 is 19.1 Å². The number of esters is 2. The number of hydrogen-bond acceptors (Lipinski definition) is 4. The molecule has 3 rings (SSSR count). The molecule has 0 aromatic heterocycles. The SMILES string of the molecule is O=C(CCCc1ccccc1)Oc1ccccc1C(=O)OCc1ccccc1. The van der Waals surface area contributed by atoms with Crippen LogP contribution < -0.4 is 4.74 Å². The lowest BCUT2D eigenvalue weighted by molar-refractivity contribution is -0.134. The number of carbonyl (C=O) groups is 2. The standard InChI is InChI=1S/C24H22O4/c25-23(17-9-14-19-10-3-1-4-11-19)28-22-16-8-7-15-21(22)24(26)27-18-20-12-5-2-6-13-20/h1-8,10-13,15-16H,9,14,17-18H2. The lowest BCUT2D eigenvalue weighted by atomic mass is 10.1. The molecule has 28 heavy (non-hydrogen) atoms. The Labute approximate surface area is 164 Å². The molecule has 0 unspecified atom stereocenters. The Kier molecular flexibility index (Phi) is 6.96. The topological polar surface area (TPSA) is 52.6 Å². The molecule has 0 aliphatic rings. The summed E-state index contributed by atoms with van der Waals surface area (Å²) < 4.78 is 10.8. The molecule has 0 aliphatic heterocycles. The van der Waals surface area contributed by atoms with Crippen molar-refractivity contribution in [3.63, 3.8) is 0 Å². The molecule has 4 nitrogen and oxygen atoms in total. The Bertz CT molecular complexity index is 904. The van der Waals surface area contributed by atoms with Gasteiger partial charge in [0.2, 0.25) is 0 Å². The maximum absolute atomic E-state index is 12.4. The average molecular weight is 374 g/mol. The summed E-state index contributed by atoms with van der Waals surface area (Å²) in [6, 6.07) is 26.0. The van der Waals surface area contributed by atoms with Crippen LogP contribution in [-0.4, -0.2) is 11.9 Å². The third kappa shape index (κ3) is 5.81. The largest absolute Gasteiger partial charge is 0.457 e. The highest BCUT2D eigenvalue weighted by Gasteiger charge is 2.16. The lowest BCUT2D eigenvalue weighted by Gasteiger charge is -2.10. The van der Waals surface area contributed by atoms with Gasteiger partial charge in [-0.25, -0.2) is 4.79 Å². The zero-order valence-electron chi connectivity index (χ0n) is 15.5. The first-order valence-corrected chi connectivity index (χ1v) is 9.27. The van der Waals surface area contributed by atoms with Crippen molar-refractivity contribution in [1.82, 2.24) is 0 Å². The molecule has 0 amide bonds. The number of aryl methyl sites for hydroxylation is 1. The van der Waals surface area contributed by atoms with Gasteiger partial charge in [-0.1, -0.05) is 72.8 Å². The first-order chi connectivity index (χ1) is 13.7. The number of ether oxygens (including phenoxy) is 2. The summed E-state index contributed by atoms with van der Waals surface area (Å²) in [7, 11) is 0. The van der Waals surface area contributed by atoms with E-state index in [9.17, 15) is 9.59 Å². The quantitative estimate of drug-likeness (QED) is 0.412. The number of para-hydroxylation sites is 1. The second-order valence-corrected chi connectivity index (χ2v) is 6.37. The zero-order chi connectivity index (χ0) is 19.6. The third-order valence-corrected chi connectivity index (χ3v) is 4.23. The van der Waals surface area contributed by atoms with Crippen LogP contribution in [0.25, 0.3) is 0 Å². The second-order valence-electron chi connectivity index (χ2n) is 6.37. The van der Waals surface area contributed by atoms with Crippen molar-refractivity contribution >= 4 is 11.9 Å². The van der Waals surface area contributed by atoms with Crippen LogP contribution in [0.1, 0.15) is 34.3 Å². The predicted molar refractivity (Wildman–Crippen MR) is 107 cm³/mol. The van der Waals surface area contributed by atoms with Crippen LogP contribution in [0.2, 0.25) is 0 Å². The van der Waals surface area contributed by atoms with E-state index in [4.69, 9.17) is 9.47 Å². The molecule has 4 heteroatoms. The number of carbonyl (C=O) groups excluding carboxylic acids is 2. The fraction of sp³-hybridized carbons (Fsp3) is 0.167. The van der Waals surface area contributed by atoms with E-state index in [1.54, 1.807) is 24.3 Å². The molecule has 0 aliphatic carbocycles. The highest BCUT2D eigenvalue weighted by Crippen LogP contribution is 2.20. The van der Waals surface area contributed by atoms with Gasteiger partial charge in [0, 0.05) is 6.42 Å². The molecule has 0 bridgehead atoms. The van der Waals surface area contributed by atoms with E-state index in [0.29, 0.717) is 6.42 Å². The summed E-state index contributed by atoms with van der Waals surface area (Å²) >= 11 is 0. The fourth-order valence-corrected chi connectivity index (χ4v) is 2.78. The first-order valence-electron chi connectivity index (χ1n) is 9.27. The van der Waals surface area contributed by atoms with E-state index in [-0.39, 0.29) is 30.3 Å². The van der Waals surface area contributed by atoms with Crippen LogP contribution in [0.5, 0.6) is 5.75 Å². The van der Waals surface area contributed by atoms with Crippen molar-refractivity contribution in [2.45, 2.75) is 25.9 Å². The van der Waals surface area contributed by atoms with Crippen molar-refractivity contribution in [2.75, 3.05) is 0 Å². The molecular formula is C24H22O4. The van der Waals surface area contributed by atoms with Crippen molar-refractivity contribution in [3.8, 4) is 5.75 Å². The molecule has 0 fully saturated rings. The minimum atomic E-state index is -0.517. The summed E-state index contributed by atoms with van der Waals surface area (Å²) in [5.74, 6) is -0.652. The molecule has 0 N–H and O–H groups in total. The molecule has 0 saturated heterocycles. The monoisotopic (exact) mass is 374 g/mol. The fourth-order valence-electron chi connectivity index (χ4n) is 2.78. The first kappa shape index (κ1) is 19.4. The van der Waals surface area contributed by atoms with Gasteiger partial charge in [-0.05, 0) is 36.1 Å². The maximum atomic E-state index is 12.4. The van der Waals surface area contributed by atoms with E-state index in [0.717, 1.165) is 12.0 Å². The van der Waals surface area contributed by atoms with E-state index < -0.39 is 5.97 Å². The smallest absolute Gasteiger partial charge is 0.342 e. The van der Waals surface area contributed by atoms with Crippen LogP contribution >= 0.6 is 0 Å². The van der Waals surface area contributed by atoms with Gasteiger partial charge >= 0.3 is 11.9 Å². The summed E-state index contributed by atoms with van der Waals surface area (Å²) in [4.78, 5) is 24.6. The molecule has 0 saturated carbocycles. The number of benzene rings is 3. The molecule has 0 radical (unpaired) electrons. The van der Waals surface area contributed by atoms with Gasteiger partial charge in [-0.2, -0.15) is 0 Å². The van der Waals surface area contributed by atoms with Crippen molar-refractivity contribution in [2.24, 2.45) is 0 Å². The summed E-state index contributed by atoms with van der Waals surface area (Å²) in [5, 5.41) is 0. The Morgan fingerprint density at radius 3 is 2.04 bits per heavy atom. The third-order valence-electron chi connectivity index (χ3n) is 4.23. The van der Waals surface area contributed by atoms with E-state index >= 15 is 0 Å². The summed E-state index contributed by atoms with van der Waals surface area (Å²) in [5.41, 5.74) is 2.32. The number of rotatable bonds is 8. The van der Waals surface area contributed by atoms with Crippen LogP contribution in [0.3, 0.4) is 0 Å². The van der Waals surface area contributed by atoms with Crippen LogP contribution in [0.4, 0.5) is 0 Å². The highest BCUT2D eigenvalue weighted by atomic mass is 16.5. The van der Waals surface area contributed by atoms with Crippen LogP contribution in [0.15, 0.2) is 84.9 Å². The highest BCUT2D eigenvalue weighted by molar-refractivity contribution is 5.93. The Hall–Kier alpha value is -3.40. The van der Waals surface area contributed by atoms with Crippen molar-refractivity contribution in [3.05, 3.63) is 102 Å². The summed E-state index contributed by atoms with van der Waals surface area (Å²) in [6.07, 6.45) is 1.77. The minimum Gasteiger partial charge on any atom is -0.457 e. The van der Waals surface area contributed by atoms with Crippen molar-refractivity contribution in [1.29, 1.82) is 0 Å². The van der Waals surface area contributed by atoms with Gasteiger partial charge in [0.05, 0.1) is 0 Å². The lowest BCUT2D eigenvalue weighted by Crippen LogP contribution is -2.13. The molecule has 0 heterocycles. The molecule has 3 aromatic carbocycles. The normalized spacial score (nSPS) is 10.3. The number of hydrogen-bond donors (Lipinski definition) is 0. The molecular weight excluding hydrogens is 352 g/mol. The van der Waals surface area contributed by atoms with Crippen LogP contribution in [0, 0.1) is 0 Å². The van der Waals surface area contributed by atoms with Crippen LogP contribution in [-0.2, 0) is 22.6 Å². The Morgan fingerprint density at radius 2 is 1.32 bits per heavy atom. The van der Waals surface area contributed by atoms with Gasteiger partial charge < -0.3 is 9.47 Å². The molecule has 0 atom stereocenters. The van der Waals surface area contributed by atoms with Gasteiger partial charge in [-0.3, -0.25) is 4.79 Å². The minimum absolute atomic E-state index is 0.166. The summed E-state index contributed by atoms with van der Waals surface area (Å²) in [6.45, 7) is 0.166. The van der Waals surface area contributed by atoms with Gasteiger partial charge in [-0.15, -0.1) is 0 Å². The average Bonchev–Trinajstić information content (AvgIpc) is 2.74. The Balaban J connectivity index is 1.54.